The van der Waals surface area contributed by atoms with Crippen LogP contribution in [0.3, 0.4) is 0 Å². The van der Waals surface area contributed by atoms with Crippen LogP contribution in [-0.4, -0.2) is 50.6 Å². The molecule has 0 aliphatic carbocycles. The number of carbonyl (C=O) groups is 1. The quantitative estimate of drug-likeness (QED) is 0.433. The number of pyridine rings is 1. The first-order chi connectivity index (χ1) is 16.5. The molecule has 0 spiro atoms. The van der Waals surface area contributed by atoms with E-state index in [4.69, 9.17) is 9.72 Å². The first kappa shape index (κ1) is 21.4. The lowest BCUT2D eigenvalue weighted by Gasteiger charge is -2.28. The normalized spacial score (nSPS) is 16.9. The fourth-order valence-electron chi connectivity index (χ4n) is 4.93. The lowest BCUT2D eigenvalue weighted by atomic mass is 9.99. The van der Waals surface area contributed by atoms with E-state index in [1.807, 2.05) is 23.8 Å². The van der Waals surface area contributed by atoms with Gasteiger partial charge in [-0.3, -0.25) is 9.78 Å². The molecule has 0 radical (unpaired) electrons. The van der Waals surface area contributed by atoms with Crippen LogP contribution in [0.2, 0.25) is 0 Å². The largest absolute Gasteiger partial charge is 0.381 e. The highest BCUT2D eigenvalue weighted by molar-refractivity contribution is 7.15. The van der Waals surface area contributed by atoms with Crippen molar-refractivity contribution in [3.63, 3.8) is 0 Å². The minimum absolute atomic E-state index is 0.0364. The number of thiazole rings is 1. The van der Waals surface area contributed by atoms with Crippen LogP contribution in [0.4, 0.5) is 4.39 Å². The number of halogens is 1. The molecule has 3 aromatic heterocycles. The Morgan fingerprint density at radius 1 is 1.15 bits per heavy atom. The summed E-state index contributed by atoms with van der Waals surface area (Å²) in [6, 6.07) is 5.25. The monoisotopic (exact) mass is 477 g/mol. The SMILES string of the molecule is Cc1ncc(-c2cc3ccc(F)c(-c4nc(C5CCOCC5)n5c4CN(C)C(=O)C5)c3cn2)s1. The van der Waals surface area contributed by atoms with Gasteiger partial charge in [0.1, 0.15) is 18.2 Å². The summed E-state index contributed by atoms with van der Waals surface area (Å²) in [6.45, 7) is 3.92. The topological polar surface area (TPSA) is 73.1 Å². The summed E-state index contributed by atoms with van der Waals surface area (Å²) in [5.74, 6) is 0.745. The minimum Gasteiger partial charge on any atom is -0.381 e. The van der Waals surface area contributed by atoms with Gasteiger partial charge in [-0.15, -0.1) is 11.3 Å². The van der Waals surface area contributed by atoms with Crippen LogP contribution in [-0.2, 0) is 22.6 Å². The molecule has 2 aliphatic rings. The van der Waals surface area contributed by atoms with Crippen LogP contribution in [0.25, 0.3) is 32.6 Å². The Balaban J connectivity index is 1.53. The Morgan fingerprint density at radius 2 is 1.97 bits per heavy atom. The second-order valence-corrected chi connectivity index (χ2v) is 10.2. The van der Waals surface area contributed by atoms with Crippen LogP contribution in [0.15, 0.2) is 30.6 Å². The number of nitrogens with zero attached hydrogens (tertiary/aromatic N) is 5. The van der Waals surface area contributed by atoms with Crippen molar-refractivity contribution in [1.82, 2.24) is 24.4 Å². The van der Waals surface area contributed by atoms with Crippen LogP contribution < -0.4 is 0 Å². The Hall–Kier alpha value is -3.17. The summed E-state index contributed by atoms with van der Waals surface area (Å²) >= 11 is 1.58. The summed E-state index contributed by atoms with van der Waals surface area (Å²) in [5, 5.41) is 2.58. The van der Waals surface area contributed by atoms with Crippen LogP contribution >= 0.6 is 11.3 Å². The standard InChI is InChI=1S/C25H24FN5O2S/c1-14-27-11-21(34-14)19-9-16-3-4-18(26)23(17(16)10-28-19)24-20-12-30(2)22(32)13-31(20)25(29-24)15-5-7-33-8-6-15/h3-4,9-11,15H,5-8,12-13H2,1-2H3. The molecule has 34 heavy (non-hydrogen) atoms. The molecular weight excluding hydrogens is 453 g/mol. The molecule has 6 rings (SSSR count). The molecule has 9 heteroatoms. The number of aryl methyl sites for hydroxylation is 1. The van der Waals surface area contributed by atoms with Crippen molar-refractivity contribution < 1.29 is 13.9 Å². The fraction of sp³-hybridized carbons (Fsp3) is 0.360. The van der Waals surface area contributed by atoms with Crippen LogP contribution in [0.5, 0.6) is 0 Å². The highest BCUT2D eigenvalue weighted by atomic mass is 32.1. The van der Waals surface area contributed by atoms with Gasteiger partial charge in [0.15, 0.2) is 0 Å². The number of amides is 1. The molecule has 5 heterocycles. The van der Waals surface area contributed by atoms with Gasteiger partial charge < -0.3 is 14.2 Å². The predicted molar refractivity (Wildman–Crippen MR) is 128 cm³/mol. The Labute approximate surface area is 200 Å². The average Bonchev–Trinajstić information content (AvgIpc) is 3.43. The molecule has 0 saturated carbocycles. The predicted octanol–water partition coefficient (Wildman–Crippen LogP) is 4.54. The van der Waals surface area contributed by atoms with E-state index < -0.39 is 0 Å². The van der Waals surface area contributed by atoms with Gasteiger partial charge in [-0.2, -0.15) is 0 Å². The molecule has 0 N–H and O–H groups in total. The molecule has 2 aliphatic heterocycles. The van der Waals surface area contributed by atoms with Crippen molar-refractivity contribution in [2.24, 2.45) is 0 Å². The molecule has 1 saturated heterocycles. The third-order valence-corrected chi connectivity index (χ3v) is 7.69. The molecule has 0 atom stereocenters. The number of hydrogen-bond donors (Lipinski definition) is 0. The minimum atomic E-state index is -0.338. The Kier molecular flexibility index (Phi) is 5.18. The molecule has 0 unspecified atom stereocenters. The summed E-state index contributed by atoms with van der Waals surface area (Å²) in [7, 11) is 1.78. The number of fused-ring (bicyclic) bond motifs is 2. The fourth-order valence-corrected chi connectivity index (χ4v) is 5.67. The molecule has 4 aromatic rings. The van der Waals surface area contributed by atoms with Gasteiger partial charge >= 0.3 is 0 Å². The number of carbonyl (C=O) groups excluding carboxylic acids is 1. The highest BCUT2D eigenvalue weighted by Gasteiger charge is 2.32. The van der Waals surface area contributed by atoms with Gasteiger partial charge in [0, 0.05) is 49.5 Å². The number of hydrogen-bond acceptors (Lipinski definition) is 6. The zero-order chi connectivity index (χ0) is 23.4. The van der Waals surface area contributed by atoms with Crippen LogP contribution in [0.1, 0.15) is 35.3 Å². The number of benzene rings is 1. The van der Waals surface area contributed by atoms with Gasteiger partial charge in [-0.1, -0.05) is 6.07 Å². The van der Waals surface area contributed by atoms with Crippen molar-refractivity contribution in [1.29, 1.82) is 0 Å². The Bertz CT molecular complexity index is 1420. The van der Waals surface area contributed by atoms with E-state index in [-0.39, 0.29) is 24.2 Å². The molecule has 174 valence electrons. The van der Waals surface area contributed by atoms with Gasteiger partial charge in [-0.25, -0.2) is 14.4 Å². The van der Waals surface area contributed by atoms with Gasteiger partial charge in [0.05, 0.1) is 33.5 Å². The summed E-state index contributed by atoms with van der Waals surface area (Å²) < 4.78 is 23.0. The van der Waals surface area contributed by atoms with Crippen molar-refractivity contribution in [2.45, 2.75) is 38.8 Å². The van der Waals surface area contributed by atoms with Crippen molar-refractivity contribution in [3.8, 4) is 21.8 Å². The number of imidazole rings is 1. The summed E-state index contributed by atoms with van der Waals surface area (Å²) in [4.78, 5) is 29.2. The molecule has 1 aromatic carbocycles. The molecule has 1 amide bonds. The van der Waals surface area contributed by atoms with E-state index in [1.165, 1.54) is 6.07 Å². The lowest BCUT2D eigenvalue weighted by molar-refractivity contribution is -0.132. The van der Waals surface area contributed by atoms with Crippen molar-refractivity contribution >= 4 is 28.0 Å². The second-order valence-electron chi connectivity index (χ2n) is 8.94. The maximum Gasteiger partial charge on any atom is 0.242 e. The van der Waals surface area contributed by atoms with Crippen LogP contribution in [0, 0.1) is 12.7 Å². The lowest BCUT2D eigenvalue weighted by Crippen LogP contribution is -2.37. The molecular formula is C25H24FN5O2S. The van der Waals surface area contributed by atoms with E-state index in [0.29, 0.717) is 36.4 Å². The number of aromatic nitrogens is 4. The van der Waals surface area contributed by atoms with Gasteiger partial charge in [-0.05, 0) is 37.3 Å². The number of ether oxygens (including phenoxy) is 1. The van der Waals surface area contributed by atoms with E-state index in [2.05, 4.69) is 9.97 Å². The zero-order valence-electron chi connectivity index (χ0n) is 19.0. The maximum absolute atomic E-state index is 15.4. The van der Waals surface area contributed by atoms with Gasteiger partial charge in [0.25, 0.3) is 0 Å². The van der Waals surface area contributed by atoms with E-state index >= 15 is 4.39 Å². The molecule has 7 nitrogen and oxygen atoms in total. The number of likely N-dealkylation sites (N-methyl/N-ethyl adjacent to an activating group) is 1. The highest BCUT2D eigenvalue weighted by Crippen LogP contribution is 2.39. The van der Waals surface area contributed by atoms with E-state index in [9.17, 15) is 4.79 Å². The Morgan fingerprint density at radius 3 is 2.74 bits per heavy atom. The maximum atomic E-state index is 15.4. The van der Waals surface area contributed by atoms with E-state index in [0.717, 1.165) is 45.3 Å². The second kappa shape index (κ2) is 8.25. The molecule has 0 bridgehead atoms. The summed E-state index contributed by atoms with van der Waals surface area (Å²) in [5.41, 5.74) is 2.74. The van der Waals surface area contributed by atoms with Gasteiger partial charge in [0.2, 0.25) is 5.91 Å². The summed E-state index contributed by atoms with van der Waals surface area (Å²) in [6.07, 6.45) is 5.24. The smallest absolute Gasteiger partial charge is 0.242 e. The van der Waals surface area contributed by atoms with Crippen molar-refractivity contribution in [2.75, 3.05) is 20.3 Å². The third-order valence-electron chi connectivity index (χ3n) is 6.76. The van der Waals surface area contributed by atoms with Crippen molar-refractivity contribution in [3.05, 3.63) is 52.9 Å². The first-order valence-corrected chi connectivity index (χ1v) is 12.2. The number of rotatable bonds is 3. The third kappa shape index (κ3) is 3.50. The zero-order valence-corrected chi connectivity index (χ0v) is 19.9. The molecule has 1 fully saturated rings. The first-order valence-electron chi connectivity index (χ1n) is 11.4. The average molecular weight is 478 g/mol. The van der Waals surface area contributed by atoms with E-state index in [1.54, 1.807) is 35.5 Å².